The summed E-state index contributed by atoms with van der Waals surface area (Å²) in [6.45, 7) is 0. The maximum Gasteiger partial charge on any atom is 0.159 e. The zero-order chi connectivity index (χ0) is 12.6. The molecule has 1 N–H and O–H groups in total. The van der Waals surface area contributed by atoms with Crippen molar-refractivity contribution in [1.29, 1.82) is 0 Å². The molecule has 0 saturated heterocycles. The minimum absolute atomic E-state index is 0.0633. The number of ketones is 1. The molecule has 2 nitrogen and oxygen atoms in total. The zero-order valence-corrected chi connectivity index (χ0v) is 11.0. The number of allylic oxidation sites excluding steroid dienone is 2. The molecule has 1 aromatic carbocycles. The van der Waals surface area contributed by atoms with E-state index in [9.17, 15) is 9.90 Å². The van der Waals surface area contributed by atoms with E-state index in [1.165, 1.54) is 6.08 Å². The molecule has 0 aromatic heterocycles. The van der Waals surface area contributed by atoms with Gasteiger partial charge in [0.2, 0.25) is 0 Å². The smallest absolute Gasteiger partial charge is 0.159 e. The van der Waals surface area contributed by atoms with Gasteiger partial charge in [-0.25, -0.2) is 0 Å². The lowest BCUT2D eigenvalue weighted by Crippen LogP contribution is -2.13. The van der Waals surface area contributed by atoms with E-state index in [0.29, 0.717) is 33.5 Å². The molecule has 0 fully saturated rings. The molecule has 0 aliphatic heterocycles. The van der Waals surface area contributed by atoms with Crippen molar-refractivity contribution in [2.75, 3.05) is 0 Å². The van der Waals surface area contributed by atoms with Gasteiger partial charge in [-0.05, 0) is 17.7 Å². The summed E-state index contributed by atoms with van der Waals surface area (Å²) in [5.41, 5.74) is 0.672. The van der Waals surface area contributed by atoms with Crippen molar-refractivity contribution in [3.05, 3.63) is 44.6 Å². The molecular weight excluding hydrogens is 282 g/mol. The van der Waals surface area contributed by atoms with Gasteiger partial charge in [-0.15, -0.1) is 0 Å². The number of rotatable bonds is 1. The molecule has 0 saturated carbocycles. The topological polar surface area (TPSA) is 37.3 Å². The Kier molecular flexibility index (Phi) is 3.67. The lowest BCUT2D eigenvalue weighted by molar-refractivity contribution is -0.115. The Bertz CT molecular complexity index is 485. The van der Waals surface area contributed by atoms with Gasteiger partial charge < -0.3 is 5.11 Å². The first-order valence-corrected chi connectivity index (χ1v) is 6.17. The molecule has 1 unspecified atom stereocenters. The highest BCUT2D eigenvalue weighted by atomic mass is 35.5. The molecule has 17 heavy (non-hydrogen) atoms. The lowest BCUT2D eigenvalue weighted by Gasteiger charge is -2.21. The van der Waals surface area contributed by atoms with Gasteiger partial charge in [-0.1, -0.05) is 34.8 Å². The molecule has 0 heterocycles. The van der Waals surface area contributed by atoms with Crippen LogP contribution in [0.3, 0.4) is 0 Å². The maximum atomic E-state index is 11.4. The minimum Gasteiger partial charge on any atom is -0.512 e. The molecule has 0 radical (unpaired) electrons. The fraction of sp³-hybridized carbons (Fsp3) is 0.250. The predicted molar refractivity (Wildman–Crippen MR) is 69.2 cm³/mol. The van der Waals surface area contributed by atoms with Gasteiger partial charge >= 0.3 is 0 Å². The van der Waals surface area contributed by atoms with Crippen LogP contribution in [0.2, 0.25) is 15.1 Å². The molecule has 1 aromatic rings. The van der Waals surface area contributed by atoms with E-state index in [0.717, 1.165) is 0 Å². The summed E-state index contributed by atoms with van der Waals surface area (Å²) in [5.74, 6) is -0.251. The van der Waals surface area contributed by atoms with Crippen LogP contribution in [-0.4, -0.2) is 10.9 Å². The van der Waals surface area contributed by atoms with E-state index in [1.54, 1.807) is 12.1 Å². The third-order valence-electron chi connectivity index (χ3n) is 2.68. The van der Waals surface area contributed by atoms with E-state index < -0.39 is 0 Å². The summed E-state index contributed by atoms with van der Waals surface area (Å²) in [7, 11) is 0. The number of aliphatic hydroxyl groups is 1. The zero-order valence-electron chi connectivity index (χ0n) is 8.71. The molecule has 0 bridgehead atoms. The fourth-order valence-corrected chi connectivity index (χ4v) is 3.14. The molecule has 2 rings (SSSR count). The van der Waals surface area contributed by atoms with E-state index in [2.05, 4.69) is 0 Å². The fourth-order valence-electron chi connectivity index (χ4n) is 2.02. The second-order valence-electron chi connectivity index (χ2n) is 3.99. The molecular formula is C12H9Cl3O2. The van der Waals surface area contributed by atoms with Crippen LogP contribution in [0.4, 0.5) is 0 Å². The van der Waals surface area contributed by atoms with Gasteiger partial charge in [0.1, 0.15) is 0 Å². The molecule has 90 valence electrons. The standard InChI is InChI=1S/C12H9Cl3O2/c13-7-3-10(14)12(11(15)4-7)6-1-8(16)5-9(17)2-6/h3-6,16H,1-2H2. The number of hydrogen-bond acceptors (Lipinski definition) is 2. The largest absolute Gasteiger partial charge is 0.512 e. The monoisotopic (exact) mass is 290 g/mol. The van der Waals surface area contributed by atoms with Crippen molar-refractivity contribution in [2.45, 2.75) is 18.8 Å². The van der Waals surface area contributed by atoms with Crippen molar-refractivity contribution in [3.8, 4) is 0 Å². The summed E-state index contributed by atoms with van der Waals surface area (Å²) in [5, 5.41) is 10.8. The molecule has 5 heteroatoms. The van der Waals surface area contributed by atoms with E-state index >= 15 is 0 Å². The Labute approximate surface area is 114 Å². The van der Waals surface area contributed by atoms with Crippen LogP contribution >= 0.6 is 34.8 Å². The highest BCUT2D eigenvalue weighted by Crippen LogP contribution is 2.40. The molecule has 1 aliphatic rings. The summed E-state index contributed by atoms with van der Waals surface area (Å²) < 4.78 is 0. The highest BCUT2D eigenvalue weighted by Gasteiger charge is 2.26. The number of hydrogen-bond donors (Lipinski definition) is 1. The van der Waals surface area contributed by atoms with Gasteiger partial charge in [0.25, 0.3) is 0 Å². The van der Waals surface area contributed by atoms with Crippen LogP contribution in [0, 0.1) is 0 Å². The third-order valence-corrected chi connectivity index (χ3v) is 3.53. The van der Waals surface area contributed by atoms with E-state index in [4.69, 9.17) is 34.8 Å². The van der Waals surface area contributed by atoms with Gasteiger partial charge in [0.05, 0.1) is 5.76 Å². The summed E-state index contributed by atoms with van der Waals surface area (Å²) in [4.78, 5) is 11.4. The van der Waals surface area contributed by atoms with Crippen molar-refractivity contribution < 1.29 is 9.90 Å². The third kappa shape index (κ3) is 2.76. The van der Waals surface area contributed by atoms with Gasteiger partial charge in [-0.2, -0.15) is 0 Å². The Morgan fingerprint density at radius 2 is 1.71 bits per heavy atom. The SMILES string of the molecule is O=C1C=C(O)CC(c2c(Cl)cc(Cl)cc2Cl)C1. The number of aliphatic hydroxyl groups excluding tert-OH is 1. The first kappa shape index (κ1) is 12.7. The van der Waals surface area contributed by atoms with Gasteiger partial charge in [0, 0.05) is 39.9 Å². The molecule has 0 spiro atoms. The Balaban J connectivity index is 2.42. The van der Waals surface area contributed by atoms with Crippen LogP contribution < -0.4 is 0 Å². The summed E-state index contributed by atoms with van der Waals surface area (Å²) in [6, 6.07) is 3.17. The quantitative estimate of drug-likeness (QED) is 0.825. The lowest BCUT2D eigenvalue weighted by atomic mass is 9.86. The van der Waals surface area contributed by atoms with Crippen molar-refractivity contribution in [1.82, 2.24) is 0 Å². The van der Waals surface area contributed by atoms with Crippen molar-refractivity contribution in [3.63, 3.8) is 0 Å². The molecule has 1 atom stereocenters. The molecule has 0 amide bonds. The number of carbonyl (C=O) groups excluding carboxylic acids is 1. The second kappa shape index (κ2) is 4.89. The van der Waals surface area contributed by atoms with Crippen molar-refractivity contribution >= 4 is 40.6 Å². The van der Waals surface area contributed by atoms with Crippen LogP contribution in [0.15, 0.2) is 24.0 Å². The van der Waals surface area contributed by atoms with Gasteiger partial charge in [-0.3, -0.25) is 4.79 Å². The average molecular weight is 292 g/mol. The number of benzene rings is 1. The number of halogens is 3. The summed E-state index contributed by atoms with van der Waals surface area (Å²) in [6.07, 6.45) is 1.91. The summed E-state index contributed by atoms with van der Waals surface area (Å²) >= 11 is 18.0. The highest BCUT2D eigenvalue weighted by molar-refractivity contribution is 6.39. The van der Waals surface area contributed by atoms with Crippen LogP contribution in [0.5, 0.6) is 0 Å². The second-order valence-corrected chi connectivity index (χ2v) is 5.24. The minimum atomic E-state index is -0.190. The Hall–Kier alpha value is -0.700. The van der Waals surface area contributed by atoms with Crippen LogP contribution in [0.1, 0.15) is 24.3 Å². The average Bonchev–Trinajstić information content (AvgIpc) is 2.13. The Morgan fingerprint density at radius 3 is 2.24 bits per heavy atom. The van der Waals surface area contributed by atoms with E-state index in [-0.39, 0.29) is 17.5 Å². The van der Waals surface area contributed by atoms with Gasteiger partial charge in [0.15, 0.2) is 5.78 Å². The van der Waals surface area contributed by atoms with Crippen LogP contribution in [-0.2, 0) is 4.79 Å². The van der Waals surface area contributed by atoms with Crippen LogP contribution in [0.25, 0.3) is 0 Å². The van der Waals surface area contributed by atoms with Crippen molar-refractivity contribution in [2.24, 2.45) is 0 Å². The predicted octanol–water partition coefficient (Wildman–Crippen LogP) is 4.54. The number of carbonyl (C=O) groups is 1. The molecule has 1 aliphatic carbocycles. The maximum absolute atomic E-state index is 11.4. The first-order chi connectivity index (χ1) is 7.97. The normalized spacial score (nSPS) is 20.3. The first-order valence-electron chi connectivity index (χ1n) is 5.04. The van der Waals surface area contributed by atoms with E-state index in [1.807, 2.05) is 0 Å². The Morgan fingerprint density at radius 1 is 1.12 bits per heavy atom.